The number of likely N-dealkylation sites (tertiary alicyclic amines) is 1. The predicted octanol–water partition coefficient (Wildman–Crippen LogP) is 0.289. The van der Waals surface area contributed by atoms with Gasteiger partial charge in [0.05, 0.1) is 0 Å². The minimum absolute atomic E-state index is 0.464. The molecule has 1 fully saturated rings. The summed E-state index contributed by atoms with van der Waals surface area (Å²) in [6.07, 6.45) is 0.692. The molecular weight excluding hydrogens is 226 g/mol. The van der Waals surface area contributed by atoms with Crippen molar-refractivity contribution in [2.24, 2.45) is 11.7 Å². The highest BCUT2D eigenvalue weighted by Gasteiger charge is 2.36. The number of hydrazine groups is 1. The monoisotopic (exact) mass is 247 g/mol. The van der Waals surface area contributed by atoms with Crippen LogP contribution in [0.2, 0.25) is 0 Å². The summed E-state index contributed by atoms with van der Waals surface area (Å²) in [5, 5.41) is 8.88. The molecule has 0 bridgehead atoms. The maximum Gasteiger partial charge on any atom is 0.411 e. The molecule has 1 aliphatic heterocycles. The van der Waals surface area contributed by atoms with E-state index >= 15 is 0 Å². The molecular formula is C10H21N3O4. The first-order valence-corrected chi connectivity index (χ1v) is 5.37. The smallest absolute Gasteiger partial charge is 0.411 e. The highest BCUT2D eigenvalue weighted by molar-refractivity contribution is 5.80. The number of ether oxygens (including phenoxy) is 1. The maximum absolute atomic E-state index is 11.6. The number of hydrogen-bond acceptors (Lipinski definition) is 5. The van der Waals surface area contributed by atoms with Gasteiger partial charge in [0.1, 0.15) is 11.6 Å². The largest absolute Gasteiger partial charge is 0.480 e. The first-order chi connectivity index (χ1) is 7.81. The minimum Gasteiger partial charge on any atom is -0.480 e. The zero-order chi connectivity index (χ0) is 13.6. The maximum atomic E-state index is 11.6. The summed E-state index contributed by atoms with van der Waals surface area (Å²) in [5.41, 5.74) is -0.581. The molecule has 5 N–H and O–H groups in total. The van der Waals surface area contributed by atoms with Gasteiger partial charge >= 0.3 is 12.1 Å². The summed E-state index contributed by atoms with van der Waals surface area (Å²) < 4.78 is 5.13. The third-order valence-electron chi connectivity index (χ3n) is 2.17. The van der Waals surface area contributed by atoms with E-state index in [0.717, 1.165) is 6.42 Å². The first kappa shape index (κ1) is 15.7. The van der Waals surface area contributed by atoms with Gasteiger partial charge in [-0.3, -0.25) is 16.6 Å². The Morgan fingerprint density at radius 2 is 1.88 bits per heavy atom. The molecule has 0 radical (unpaired) electrons. The van der Waals surface area contributed by atoms with Gasteiger partial charge in [-0.1, -0.05) is 0 Å². The van der Waals surface area contributed by atoms with E-state index in [1.165, 1.54) is 4.90 Å². The number of rotatable bonds is 1. The lowest BCUT2D eigenvalue weighted by Gasteiger charge is -2.26. The SMILES string of the molecule is CC(C)(C)OC(=O)N1CCC[C@H]1C(=O)O.NN. The molecule has 0 aliphatic carbocycles. The molecule has 1 aliphatic rings. The predicted molar refractivity (Wildman–Crippen MR) is 62.0 cm³/mol. The molecule has 1 rings (SSSR count). The molecule has 1 heterocycles. The number of carbonyl (C=O) groups excluding carboxylic acids is 1. The Balaban J connectivity index is 0.00000121. The van der Waals surface area contributed by atoms with E-state index in [4.69, 9.17) is 9.84 Å². The van der Waals surface area contributed by atoms with E-state index in [-0.39, 0.29) is 0 Å². The molecule has 0 aromatic heterocycles. The van der Waals surface area contributed by atoms with E-state index in [1.54, 1.807) is 20.8 Å². The second-order valence-electron chi connectivity index (χ2n) is 4.67. The normalized spacial score (nSPS) is 19.4. The van der Waals surface area contributed by atoms with Gasteiger partial charge in [0.2, 0.25) is 0 Å². The van der Waals surface area contributed by atoms with Gasteiger partial charge in [0, 0.05) is 6.54 Å². The van der Waals surface area contributed by atoms with Crippen molar-refractivity contribution in [2.45, 2.75) is 45.3 Å². The van der Waals surface area contributed by atoms with Crippen LogP contribution in [0, 0.1) is 0 Å². The van der Waals surface area contributed by atoms with Crippen LogP contribution in [-0.2, 0) is 9.53 Å². The number of carboxylic acids is 1. The van der Waals surface area contributed by atoms with Gasteiger partial charge in [-0.2, -0.15) is 0 Å². The summed E-state index contributed by atoms with van der Waals surface area (Å²) in [4.78, 5) is 23.7. The summed E-state index contributed by atoms with van der Waals surface area (Å²) in [6.45, 7) is 5.75. The van der Waals surface area contributed by atoms with E-state index in [1.807, 2.05) is 0 Å². The molecule has 0 unspecified atom stereocenters. The third kappa shape index (κ3) is 5.01. The third-order valence-corrected chi connectivity index (χ3v) is 2.17. The Kier molecular flexibility index (Phi) is 5.90. The van der Waals surface area contributed by atoms with E-state index in [9.17, 15) is 9.59 Å². The Bertz CT molecular complexity index is 275. The van der Waals surface area contributed by atoms with E-state index < -0.39 is 23.7 Å². The number of aliphatic carboxylic acids is 1. The Hall–Kier alpha value is -1.34. The van der Waals surface area contributed by atoms with Crippen molar-refractivity contribution < 1.29 is 19.4 Å². The standard InChI is InChI=1S/C10H17NO4.H4N2/c1-10(2,3)15-9(14)11-6-4-5-7(11)8(12)13;1-2/h7H,4-6H2,1-3H3,(H,12,13);1-2H2/t7-;/m0./s1. The van der Waals surface area contributed by atoms with Crippen molar-refractivity contribution in [1.82, 2.24) is 4.90 Å². The zero-order valence-electron chi connectivity index (χ0n) is 10.5. The van der Waals surface area contributed by atoms with Gasteiger partial charge in [-0.15, -0.1) is 0 Å². The van der Waals surface area contributed by atoms with E-state index in [2.05, 4.69) is 11.7 Å². The fourth-order valence-electron chi connectivity index (χ4n) is 1.56. The van der Waals surface area contributed by atoms with Crippen LogP contribution in [0.5, 0.6) is 0 Å². The quantitative estimate of drug-likeness (QED) is 0.452. The molecule has 0 saturated carbocycles. The average Bonchev–Trinajstić information content (AvgIpc) is 2.66. The van der Waals surface area contributed by atoms with Crippen molar-refractivity contribution in [3.63, 3.8) is 0 Å². The molecule has 17 heavy (non-hydrogen) atoms. The van der Waals surface area contributed by atoms with Crippen molar-refractivity contribution in [3.05, 3.63) is 0 Å². The van der Waals surface area contributed by atoms with Gasteiger partial charge in [-0.05, 0) is 33.6 Å². The molecule has 1 amide bonds. The van der Waals surface area contributed by atoms with Crippen LogP contribution >= 0.6 is 0 Å². The minimum atomic E-state index is -0.960. The molecule has 0 aromatic rings. The molecule has 1 saturated heterocycles. The van der Waals surface area contributed by atoms with E-state index in [0.29, 0.717) is 13.0 Å². The van der Waals surface area contributed by atoms with Crippen molar-refractivity contribution in [1.29, 1.82) is 0 Å². The first-order valence-electron chi connectivity index (χ1n) is 5.37. The number of carbonyl (C=O) groups is 2. The number of hydrogen-bond donors (Lipinski definition) is 3. The summed E-state index contributed by atoms with van der Waals surface area (Å²) >= 11 is 0. The Morgan fingerprint density at radius 1 is 1.35 bits per heavy atom. The number of amides is 1. The van der Waals surface area contributed by atoms with Gasteiger partial charge in [0.15, 0.2) is 0 Å². The molecule has 7 nitrogen and oxygen atoms in total. The fraction of sp³-hybridized carbons (Fsp3) is 0.800. The van der Waals surface area contributed by atoms with Gasteiger partial charge < -0.3 is 9.84 Å². The van der Waals surface area contributed by atoms with Crippen LogP contribution in [-0.4, -0.2) is 40.3 Å². The van der Waals surface area contributed by atoms with Gasteiger partial charge in [-0.25, -0.2) is 9.59 Å². The number of nitrogens with zero attached hydrogens (tertiary/aromatic N) is 1. The lowest BCUT2D eigenvalue weighted by atomic mass is 10.2. The lowest BCUT2D eigenvalue weighted by molar-refractivity contribution is -0.142. The van der Waals surface area contributed by atoms with Crippen molar-refractivity contribution >= 4 is 12.1 Å². The highest BCUT2D eigenvalue weighted by Crippen LogP contribution is 2.20. The average molecular weight is 247 g/mol. The van der Waals surface area contributed by atoms with Crippen LogP contribution in [0.25, 0.3) is 0 Å². The molecule has 0 spiro atoms. The molecule has 1 atom stereocenters. The van der Waals surface area contributed by atoms with Crippen LogP contribution in [0.1, 0.15) is 33.6 Å². The summed E-state index contributed by atoms with van der Waals surface area (Å²) in [7, 11) is 0. The summed E-state index contributed by atoms with van der Waals surface area (Å²) in [5.74, 6) is 7.04. The lowest BCUT2D eigenvalue weighted by Crippen LogP contribution is -2.43. The van der Waals surface area contributed by atoms with Crippen LogP contribution < -0.4 is 11.7 Å². The number of nitrogens with two attached hydrogens (primary N) is 2. The second-order valence-corrected chi connectivity index (χ2v) is 4.67. The summed E-state index contributed by atoms with van der Waals surface area (Å²) in [6, 6.07) is -0.722. The molecule has 7 heteroatoms. The Labute approximate surface area is 101 Å². The molecule has 0 aromatic carbocycles. The fourth-order valence-corrected chi connectivity index (χ4v) is 1.56. The van der Waals surface area contributed by atoms with Crippen molar-refractivity contribution in [2.75, 3.05) is 6.54 Å². The topological polar surface area (TPSA) is 119 Å². The van der Waals surface area contributed by atoms with Crippen LogP contribution in [0.3, 0.4) is 0 Å². The van der Waals surface area contributed by atoms with Crippen LogP contribution in [0.4, 0.5) is 4.79 Å². The Morgan fingerprint density at radius 3 is 2.29 bits per heavy atom. The molecule has 100 valence electrons. The van der Waals surface area contributed by atoms with Crippen molar-refractivity contribution in [3.8, 4) is 0 Å². The van der Waals surface area contributed by atoms with Crippen LogP contribution in [0.15, 0.2) is 0 Å². The number of carboxylic acid groups (broad SMARTS) is 1. The highest BCUT2D eigenvalue weighted by atomic mass is 16.6. The zero-order valence-corrected chi connectivity index (χ0v) is 10.5. The second kappa shape index (κ2) is 6.41. The van der Waals surface area contributed by atoms with Gasteiger partial charge in [0.25, 0.3) is 0 Å².